The molecular weight excluding hydrogens is 495 g/mol. The van der Waals surface area contributed by atoms with Crippen molar-refractivity contribution in [2.45, 2.75) is 17.7 Å². The summed E-state index contributed by atoms with van der Waals surface area (Å²) >= 11 is 6.16. The highest BCUT2D eigenvalue weighted by Gasteiger charge is 2.33. The Morgan fingerprint density at radius 3 is 2.57 bits per heavy atom. The van der Waals surface area contributed by atoms with Crippen molar-refractivity contribution in [1.29, 1.82) is 0 Å². The summed E-state index contributed by atoms with van der Waals surface area (Å²) < 4.78 is 51.7. The Bertz CT molecular complexity index is 1320. The van der Waals surface area contributed by atoms with Gasteiger partial charge in [0.2, 0.25) is 15.9 Å². The summed E-state index contributed by atoms with van der Waals surface area (Å²) in [6.07, 6.45) is 1.04. The molecule has 10 heteroatoms. The second-order valence-corrected chi connectivity index (χ2v) is 10.4. The predicted octanol–water partition coefficient (Wildman–Crippen LogP) is 5.32. The summed E-state index contributed by atoms with van der Waals surface area (Å²) in [7, 11) is -2.30. The lowest BCUT2D eigenvalue weighted by Gasteiger charge is -2.31. The predicted molar refractivity (Wildman–Crippen MR) is 131 cm³/mol. The third kappa shape index (κ3) is 5.93. The molecule has 1 heterocycles. The van der Waals surface area contributed by atoms with Crippen molar-refractivity contribution in [2.24, 2.45) is 5.92 Å². The molecule has 4 rings (SSSR count). The molecule has 0 radical (unpaired) electrons. The van der Waals surface area contributed by atoms with Crippen molar-refractivity contribution in [2.75, 3.05) is 25.5 Å². The molecule has 1 saturated heterocycles. The normalized spacial score (nSPS) is 16.5. The van der Waals surface area contributed by atoms with E-state index in [1.54, 1.807) is 49.6 Å². The highest BCUT2D eigenvalue weighted by atomic mass is 35.5. The van der Waals surface area contributed by atoms with Crippen molar-refractivity contribution in [3.8, 4) is 17.2 Å². The van der Waals surface area contributed by atoms with Crippen LogP contribution in [0.4, 0.5) is 10.1 Å². The van der Waals surface area contributed by atoms with Gasteiger partial charge in [0, 0.05) is 24.2 Å². The van der Waals surface area contributed by atoms with Crippen LogP contribution in [-0.4, -0.2) is 38.8 Å². The fourth-order valence-corrected chi connectivity index (χ4v) is 5.54. The van der Waals surface area contributed by atoms with Crippen molar-refractivity contribution < 1.29 is 27.1 Å². The Morgan fingerprint density at radius 1 is 1.09 bits per heavy atom. The molecule has 3 aromatic carbocycles. The number of hydrogen-bond acceptors (Lipinski definition) is 5. The first-order valence-electron chi connectivity index (χ1n) is 10.9. The minimum Gasteiger partial charge on any atom is -0.497 e. The van der Waals surface area contributed by atoms with E-state index in [-0.39, 0.29) is 23.9 Å². The van der Waals surface area contributed by atoms with E-state index < -0.39 is 21.8 Å². The van der Waals surface area contributed by atoms with Gasteiger partial charge in [-0.3, -0.25) is 4.79 Å². The Labute approximate surface area is 208 Å². The third-order valence-electron chi connectivity index (χ3n) is 5.67. The largest absolute Gasteiger partial charge is 0.497 e. The monoisotopic (exact) mass is 518 g/mol. The van der Waals surface area contributed by atoms with Crippen LogP contribution >= 0.6 is 11.6 Å². The number of carbonyl (C=O) groups is 1. The maximum absolute atomic E-state index is 13.2. The van der Waals surface area contributed by atoms with Crippen LogP contribution in [0.25, 0.3) is 0 Å². The first kappa shape index (κ1) is 25.0. The van der Waals surface area contributed by atoms with E-state index in [1.807, 2.05) is 0 Å². The first-order chi connectivity index (χ1) is 16.8. The number of halogens is 2. The number of hydrogen-bond donors (Lipinski definition) is 1. The number of methoxy groups -OCH3 is 1. The molecule has 0 aliphatic carbocycles. The molecular formula is C25H24ClFN2O5S. The molecule has 184 valence electrons. The average Bonchev–Trinajstić information content (AvgIpc) is 2.86. The van der Waals surface area contributed by atoms with Gasteiger partial charge in [-0.1, -0.05) is 17.7 Å². The highest BCUT2D eigenvalue weighted by Crippen LogP contribution is 2.34. The molecule has 1 unspecified atom stereocenters. The number of sulfonamides is 1. The van der Waals surface area contributed by atoms with E-state index in [9.17, 15) is 17.6 Å². The number of anilines is 1. The van der Waals surface area contributed by atoms with Crippen molar-refractivity contribution in [1.82, 2.24) is 4.31 Å². The van der Waals surface area contributed by atoms with E-state index in [2.05, 4.69) is 5.32 Å². The summed E-state index contributed by atoms with van der Waals surface area (Å²) in [5.41, 5.74) is 0.365. The lowest BCUT2D eigenvalue weighted by Crippen LogP contribution is -2.43. The van der Waals surface area contributed by atoms with Gasteiger partial charge in [-0.25, -0.2) is 12.8 Å². The molecule has 0 saturated carbocycles. The van der Waals surface area contributed by atoms with Gasteiger partial charge < -0.3 is 14.8 Å². The Morgan fingerprint density at radius 2 is 1.83 bits per heavy atom. The van der Waals surface area contributed by atoms with Gasteiger partial charge in [-0.15, -0.1) is 0 Å². The van der Waals surface area contributed by atoms with E-state index >= 15 is 0 Å². The van der Waals surface area contributed by atoms with Crippen LogP contribution < -0.4 is 14.8 Å². The van der Waals surface area contributed by atoms with E-state index in [0.717, 1.165) is 12.1 Å². The molecule has 0 spiro atoms. The second-order valence-electron chi connectivity index (χ2n) is 8.07. The molecule has 35 heavy (non-hydrogen) atoms. The van der Waals surface area contributed by atoms with Gasteiger partial charge in [0.05, 0.1) is 23.6 Å². The van der Waals surface area contributed by atoms with Crippen molar-refractivity contribution >= 4 is 33.2 Å². The molecule has 0 bridgehead atoms. The second kappa shape index (κ2) is 10.6. The molecule has 1 fully saturated rings. The maximum atomic E-state index is 13.2. The zero-order valence-electron chi connectivity index (χ0n) is 18.9. The Kier molecular flexibility index (Phi) is 7.59. The molecule has 7 nitrogen and oxygen atoms in total. The van der Waals surface area contributed by atoms with Crippen molar-refractivity contribution in [3.05, 3.63) is 77.6 Å². The van der Waals surface area contributed by atoms with E-state index in [1.165, 1.54) is 16.4 Å². The Hall–Kier alpha value is -3.14. The van der Waals surface area contributed by atoms with Crippen LogP contribution in [0.3, 0.4) is 0 Å². The standard InChI is InChI=1S/C25H24ClFN2O5S/c1-33-20-5-2-6-21(15-20)34-24-12-7-18(26)14-23(24)28-25(30)17-4-3-13-29(16-17)35(31,32)22-10-8-19(27)9-11-22/h2,5-12,14-15,17H,3-4,13,16H2,1H3,(H,28,30). The minimum atomic E-state index is -3.85. The van der Waals surface area contributed by atoms with Gasteiger partial charge >= 0.3 is 0 Å². The summed E-state index contributed by atoms with van der Waals surface area (Å²) in [6, 6.07) is 16.5. The number of piperidine rings is 1. The molecule has 1 amide bonds. The number of nitrogens with zero attached hydrogens (tertiary/aromatic N) is 1. The van der Waals surface area contributed by atoms with E-state index in [4.69, 9.17) is 21.1 Å². The number of rotatable bonds is 7. The van der Waals surface area contributed by atoms with Crippen molar-refractivity contribution in [3.63, 3.8) is 0 Å². The lowest BCUT2D eigenvalue weighted by molar-refractivity contribution is -0.120. The number of carbonyl (C=O) groups excluding carboxylic acids is 1. The zero-order valence-corrected chi connectivity index (χ0v) is 20.5. The smallest absolute Gasteiger partial charge is 0.243 e. The number of ether oxygens (including phenoxy) is 2. The van der Waals surface area contributed by atoms with Gasteiger partial charge in [-0.05, 0) is 67.4 Å². The molecule has 1 N–H and O–H groups in total. The summed E-state index contributed by atoms with van der Waals surface area (Å²) in [4.78, 5) is 13.1. The Balaban J connectivity index is 1.50. The molecule has 3 aromatic rings. The fourth-order valence-electron chi connectivity index (χ4n) is 3.85. The number of amides is 1. The topological polar surface area (TPSA) is 84.9 Å². The number of benzene rings is 3. The first-order valence-corrected chi connectivity index (χ1v) is 12.8. The number of nitrogens with one attached hydrogen (secondary N) is 1. The van der Waals surface area contributed by atoms with Gasteiger partial charge in [0.15, 0.2) is 5.75 Å². The van der Waals surface area contributed by atoms with Crippen LogP contribution in [0, 0.1) is 11.7 Å². The summed E-state index contributed by atoms with van der Waals surface area (Å²) in [5, 5.41) is 3.24. The zero-order chi connectivity index (χ0) is 25.0. The van der Waals surface area contributed by atoms with Crippen LogP contribution in [0.1, 0.15) is 12.8 Å². The SMILES string of the molecule is COc1cccc(Oc2ccc(Cl)cc2NC(=O)C2CCCN(S(=O)(=O)c3ccc(F)cc3)C2)c1. The van der Waals surface area contributed by atoms with Crippen LogP contribution in [-0.2, 0) is 14.8 Å². The highest BCUT2D eigenvalue weighted by molar-refractivity contribution is 7.89. The molecule has 1 aliphatic heterocycles. The average molecular weight is 519 g/mol. The third-order valence-corrected chi connectivity index (χ3v) is 7.79. The summed E-state index contributed by atoms with van der Waals surface area (Å²) in [6.45, 7) is 0.295. The van der Waals surface area contributed by atoms with Crippen LogP contribution in [0.15, 0.2) is 71.6 Å². The molecule has 1 atom stereocenters. The minimum absolute atomic E-state index is 0.0104. The van der Waals surface area contributed by atoms with Gasteiger partial charge in [0.25, 0.3) is 0 Å². The summed E-state index contributed by atoms with van der Waals surface area (Å²) in [5.74, 6) is 0.0587. The van der Waals surface area contributed by atoms with Crippen LogP contribution in [0.2, 0.25) is 5.02 Å². The quantitative estimate of drug-likeness (QED) is 0.457. The molecule has 1 aliphatic rings. The maximum Gasteiger partial charge on any atom is 0.243 e. The lowest BCUT2D eigenvalue weighted by atomic mass is 9.98. The van der Waals surface area contributed by atoms with Crippen LogP contribution in [0.5, 0.6) is 17.2 Å². The van der Waals surface area contributed by atoms with Gasteiger partial charge in [-0.2, -0.15) is 4.31 Å². The van der Waals surface area contributed by atoms with E-state index in [0.29, 0.717) is 40.8 Å². The fraction of sp³-hybridized carbons (Fsp3) is 0.240. The molecule has 0 aromatic heterocycles. The van der Waals surface area contributed by atoms with Gasteiger partial charge in [0.1, 0.15) is 17.3 Å².